The van der Waals surface area contributed by atoms with E-state index in [-0.39, 0.29) is 11.8 Å². The number of piperidine rings is 1. The topological polar surface area (TPSA) is 82.8 Å². The Hall–Kier alpha value is -2.90. The van der Waals surface area contributed by atoms with Gasteiger partial charge in [0, 0.05) is 51.2 Å². The van der Waals surface area contributed by atoms with Crippen molar-refractivity contribution in [1.29, 1.82) is 0 Å². The summed E-state index contributed by atoms with van der Waals surface area (Å²) in [5.74, 6) is 0.887. The van der Waals surface area contributed by atoms with Crippen molar-refractivity contribution in [2.75, 3.05) is 37.6 Å². The number of piperazine rings is 1. The van der Waals surface area contributed by atoms with Crippen LogP contribution in [0, 0.1) is 0 Å². The Labute approximate surface area is 170 Å². The van der Waals surface area contributed by atoms with Gasteiger partial charge in [0.1, 0.15) is 0 Å². The molecular weight excluding hydrogens is 370 g/mol. The number of carbonyl (C=O) groups is 2. The first-order chi connectivity index (χ1) is 14.2. The molecule has 0 saturated carbocycles. The van der Waals surface area contributed by atoms with Gasteiger partial charge in [-0.2, -0.15) is 0 Å². The zero-order chi connectivity index (χ0) is 20.2. The van der Waals surface area contributed by atoms with Crippen LogP contribution in [-0.4, -0.2) is 70.3 Å². The molecular formula is C21H27N5O3. The Kier molecular flexibility index (Phi) is 5.78. The van der Waals surface area contributed by atoms with Gasteiger partial charge in [-0.1, -0.05) is 6.92 Å². The zero-order valence-corrected chi connectivity index (χ0v) is 16.8. The van der Waals surface area contributed by atoms with Gasteiger partial charge in [0.05, 0.1) is 11.8 Å². The molecule has 8 heteroatoms. The monoisotopic (exact) mass is 397 g/mol. The molecule has 2 aliphatic heterocycles. The second kappa shape index (κ2) is 8.63. The summed E-state index contributed by atoms with van der Waals surface area (Å²) in [4.78, 5) is 39.9. The van der Waals surface area contributed by atoms with Crippen molar-refractivity contribution in [3.05, 3.63) is 42.1 Å². The molecule has 154 valence electrons. The average Bonchev–Trinajstić information content (AvgIpc) is 3.33. The highest BCUT2D eigenvalue weighted by Crippen LogP contribution is 2.22. The maximum absolute atomic E-state index is 12.9. The molecule has 0 spiro atoms. The largest absolute Gasteiger partial charge is 0.459 e. The Morgan fingerprint density at radius 3 is 2.48 bits per heavy atom. The lowest BCUT2D eigenvalue weighted by molar-refractivity contribution is 0.0606. The molecule has 0 radical (unpaired) electrons. The first-order valence-electron chi connectivity index (χ1n) is 10.4. The van der Waals surface area contributed by atoms with Gasteiger partial charge in [0.15, 0.2) is 5.76 Å². The summed E-state index contributed by atoms with van der Waals surface area (Å²) in [6, 6.07) is 3.71. The lowest BCUT2D eigenvalue weighted by Gasteiger charge is -2.35. The van der Waals surface area contributed by atoms with Crippen molar-refractivity contribution in [3.8, 4) is 0 Å². The second-order valence-corrected chi connectivity index (χ2v) is 7.58. The molecule has 2 fully saturated rings. The van der Waals surface area contributed by atoms with Crippen molar-refractivity contribution < 1.29 is 14.0 Å². The van der Waals surface area contributed by atoms with Crippen LogP contribution in [0.3, 0.4) is 0 Å². The molecule has 1 atom stereocenters. The Balaban J connectivity index is 1.36. The van der Waals surface area contributed by atoms with E-state index in [4.69, 9.17) is 4.42 Å². The average molecular weight is 397 g/mol. The van der Waals surface area contributed by atoms with Gasteiger partial charge in [-0.25, -0.2) is 9.97 Å². The number of amides is 2. The fourth-order valence-electron chi connectivity index (χ4n) is 4.12. The van der Waals surface area contributed by atoms with Gasteiger partial charge in [-0.3, -0.25) is 9.59 Å². The molecule has 2 aliphatic rings. The summed E-state index contributed by atoms with van der Waals surface area (Å²) in [6.45, 7) is 5.38. The van der Waals surface area contributed by atoms with E-state index >= 15 is 0 Å². The Bertz CT molecular complexity index is 829. The number of nitrogens with zero attached hydrogens (tertiary/aromatic N) is 5. The van der Waals surface area contributed by atoms with Crippen molar-refractivity contribution in [3.63, 3.8) is 0 Å². The van der Waals surface area contributed by atoms with Crippen LogP contribution < -0.4 is 4.90 Å². The standard InChI is InChI=1S/C21H27N5O3/c1-2-17-6-3-4-8-26(17)19(27)16-14-22-21(23-15-16)25-11-9-24(10-12-25)20(28)18-7-5-13-29-18/h5,7,13-15,17H,2-4,6,8-12H2,1H3. The molecule has 0 aliphatic carbocycles. The van der Waals surface area contributed by atoms with Gasteiger partial charge >= 0.3 is 0 Å². The smallest absolute Gasteiger partial charge is 0.289 e. The number of furan rings is 1. The van der Waals surface area contributed by atoms with Gasteiger partial charge < -0.3 is 19.1 Å². The molecule has 4 rings (SSSR count). The highest BCUT2D eigenvalue weighted by molar-refractivity contribution is 5.94. The third-order valence-electron chi connectivity index (χ3n) is 5.83. The summed E-state index contributed by atoms with van der Waals surface area (Å²) < 4.78 is 5.20. The van der Waals surface area contributed by atoms with E-state index in [1.54, 1.807) is 29.4 Å². The van der Waals surface area contributed by atoms with E-state index in [0.29, 0.717) is 49.5 Å². The Morgan fingerprint density at radius 1 is 1.07 bits per heavy atom. The number of hydrogen-bond donors (Lipinski definition) is 0. The van der Waals surface area contributed by atoms with E-state index in [1.165, 1.54) is 12.7 Å². The van der Waals surface area contributed by atoms with Crippen LogP contribution in [0.2, 0.25) is 0 Å². The summed E-state index contributed by atoms with van der Waals surface area (Å²) in [6.07, 6.45) is 9.06. The van der Waals surface area contributed by atoms with Gasteiger partial charge in [0.2, 0.25) is 5.95 Å². The molecule has 0 aromatic carbocycles. The lowest BCUT2D eigenvalue weighted by atomic mass is 9.99. The molecule has 1 unspecified atom stereocenters. The predicted molar refractivity (Wildman–Crippen MR) is 108 cm³/mol. The van der Waals surface area contributed by atoms with Crippen LogP contribution in [0.1, 0.15) is 53.5 Å². The minimum absolute atomic E-state index is 0.0250. The summed E-state index contributed by atoms with van der Waals surface area (Å²) in [7, 11) is 0. The summed E-state index contributed by atoms with van der Waals surface area (Å²) in [5, 5.41) is 0. The minimum atomic E-state index is -0.0940. The van der Waals surface area contributed by atoms with E-state index in [1.807, 2.05) is 9.80 Å². The number of likely N-dealkylation sites (tertiary alicyclic amines) is 1. The first kappa shape index (κ1) is 19.4. The SMILES string of the molecule is CCC1CCCCN1C(=O)c1cnc(N2CCN(C(=O)c3ccco3)CC2)nc1. The van der Waals surface area contributed by atoms with Crippen molar-refractivity contribution in [1.82, 2.24) is 19.8 Å². The van der Waals surface area contributed by atoms with Crippen LogP contribution in [0.4, 0.5) is 5.95 Å². The van der Waals surface area contributed by atoms with E-state index in [2.05, 4.69) is 16.9 Å². The fraction of sp³-hybridized carbons (Fsp3) is 0.524. The molecule has 2 saturated heterocycles. The van der Waals surface area contributed by atoms with Crippen LogP contribution in [0.15, 0.2) is 35.2 Å². The van der Waals surface area contributed by atoms with Crippen molar-refractivity contribution in [2.45, 2.75) is 38.6 Å². The highest BCUT2D eigenvalue weighted by atomic mass is 16.3. The summed E-state index contributed by atoms with van der Waals surface area (Å²) in [5.41, 5.74) is 0.542. The van der Waals surface area contributed by atoms with E-state index in [9.17, 15) is 9.59 Å². The van der Waals surface area contributed by atoms with Gasteiger partial charge in [-0.05, 0) is 37.8 Å². The zero-order valence-electron chi connectivity index (χ0n) is 16.8. The molecule has 2 aromatic heterocycles. The van der Waals surface area contributed by atoms with Crippen molar-refractivity contribution >= 4 is 17.8 Å². The maximum atomic E-state index is 12.9. The second-order valence-electron chi connectivity index (χ2n) is 7.58. The maximum Gasteiger partial charge on any atom is 0.289 e. The molecule has 4 heterocycles. The van der Waals surface area contributed by atoms with E-state index in [0.717, 1.165) is 25.8 Å². The van der Waals surface area contributed by atoms with Crippen LogP contribution >= 0.6 is 0 Å². The quantitative estimate of drug-likeness (QED) is 0.788. The highest BCUT2D eigenvalue weighted by Gasteiger charge is 2.28. The molecule has 0 bridgehead atoms. The fourth-order valence-corrected chi connectivity index (χ4v) is 4.12. The number of hydrogen-bond acceptors (Lipinski definition) is 6. The normalized spacial score (nSPS) is 20.0. The molecule has 2 amide bonds. The van der Waals surface area contributed by atoms with Crippen LogP contribution in [0.25, 0.3) is 0 Å². The minimum Gasteiger partial charge on any atom is -0.459 e. The predicted octanol–water partition coefficient (Wildman–Crippen LogP) is 2.44. The lowest BCUT2D eigenvalue weighted by Crippen LogP contribution is -2.49. The van der Waals surface area contributed by atoms with Crippen molar-refractivity contribution in [2.24, 2.45) is 0 Å². The molecule has 29 heavy (non-hydrogen) atoms. The molecule has 8 nitrogen and oxygen atoms in total. The number of carbonyl (C=O) groups excluding carboxylic acids is 2. The third kappa shape index (κ3) is 4.11. The number of anilines is 1. The molecule has 2 aromatic rings. The Morgan fingerprint density at radius 2 is 1.83 bits per heavy atom. The van der Waals surface area contributed by atoms with E-state index < -0.39 is 0 Å². The molecule has 0 N–H and O–H groups in total. The number of rotatable bonds is 4. The van der Waals surface area contributed by atoms with Crippen LogP contribution in [0.5, 0.6) is 0 Å². The van der Waals surface area contributed by atoms with Crippen LogP contribution in [-0.2, 0) is 0 Å². The summed E-state index contributed by atoms with van der Waals surface area (Å²) >= 11 is 0. The van der Waals surface area contributed by atoms with Gasteiger partial charge in [0.25, 0.3) is 11.8 Å². The third-order valence-corrected chi connectivity index (χ3v) is 5.83. The van der Waals surface area contributed by atoms with Gasteiger partial charge in [-0.15, -0.1) is 0 Å². The number of aromatic nitrogens is 2. The first-order valence-corrected chi connectivity index (χ1v) is 10.4.